The number of halogens is 1. The van der Waals surface area contributed by atoms with Crippen molar-refractivity contribution in [2.45, 2.75) is 37.9 Å². The predicted octanol–water partition coefficient (Wildman–Crippen LogP) is 2.45. The van der Waals surface area contributed by atoms with Crippen LogP contribution in [-0.2, 0) is 4.79 Å². The van der Waals surface area contributed by atoms with Crippen LogP contribution >= 0.6 is 0 Å². The summed E-state index contributed by atoms with van der Waals surface area (Å²) in [5, 5.41) is 23.0. The number of β-amino-alcohol motifs (C(OH)–C–C–N with tert-alkyl or cyclic N) is 2. The molecule has 202 valence electrons. The monoisotopic (exact) mass is 515 g/mol. The van der Waals surface area contributed by atoms with Gasteiger partial charge in [0.1, 0.15) is 29.5 Å². The Kier molecular flexibility index (Phi) is 8.26. The number of carbonyl (C=O) groups excluding carboxylic acids is 1. The van der Waals surface area contributed by atoms with Gasteiger partial charge in [0.2, 0.25) is 5.91 Å². The van der Waals surface area contributed by atoms with E-state index in [1.165, 1.54) is 19.1 Å². The minimum atomic E-state index is -1.35. The molecule has 0 aliphatic carbocycles. The minimum absolute atomic E-state index is 0.0552. The van der Waals surface area contributed by atoms with Crippen molar-refractivity contribution in [2.24, 2.45) is 0 Å². The van der Waals surface area contributed by atoms with E-state index in [0.29, 0.717) is 56.9 Å². The van der Waals surface area contributed by atoms with Crippen molar-refractivity contribution in [3.8, 4) is 11.5 Å². The Hall–Kier alpha value is -2.88. The quantitative estimate of drug-likeness (QED) is 0.586. The first-order valence-corrected chi connectivity index (χ1v) is 12.8. The summed E-state index contributed by atoms with van der Waals surface area (Å²) in [6.45, 7) is 6.26. The van der Waals surface area contributed by atoms with Gasteiger partial charge in [0.15, 0.2) is 0 Å². The third-order valence-electron chi connectivity index (χ3n) is 7.40. The normalized spacial score (nSPS) is 22.4. The maximum absolute atomic E-state index is 13.6. The van der Waals surface area contributed by atoms with Crippen molar-refractivity contribution < 1.29 is 28.9 Å². The SMILES string of the molecule is COc1cccc(N2CCC(O)(CN3CCN(C(C)=O)CC(O)(COc4ccc(F)c(C)c4)C3)CC2)c1. The van der Waals surface area contributed by atoms with Gasteiger partial charge in [0.25, 0.3) is 0 Å². The maximum atomic E-state index is 13.6. The molecule has 2 N–H and O–H groups in total. The fourth-order valence-electron chi connectivity index (χ4n) is 5.22. The van der Waals surface area contributed by atoms with Gasteiger partial charge < -0.3 is 29.5 Å². The summed E-state index contributed by atoms with van der Waals surface area (Å²) < 4.78 is 24.8. The van der Waals surface area contributed by atoms with Crippen LogP contribution in [0.5, 0.6) is 11.5 Å². The molecule has 9 heteroatoms. The van der Waals surface area contributed by atoms with Gasteiger partial charge in [0.05, 0.1) is 19.3 Å². The molecule has 2 saturated heterocycles. The number of benzene rings is 2. The maximum Gasteiger partial charge on any atom is 0.219 e. The molecule has 8 nitrogen and oxygen atoms in total. The van der Waals surface area contributed by atoms with Crippen LogP contribution in [0.3, 0.4) is 0 Å². The van der Waals surface area contributed by atoms with Gasteiger partial charge in [-0.15, -0.1) is 0 Å². The Labute approximate surface area is 218 Å². The number of ether oxygens (including phenoxy) is 2. The third kappa shape index (κ3) is 6.91. The molecular weight excluding hydrogens is 477 g/mol. The number of aryl methyl sites for hydroxylation is 1. The number of piperidine rings is 1. The lowest BCUT2D eigenvalue weighted by molar-refractivity contribution is -0.132. The highest BCUT2D eigenvalue weighted by Crippen LogP contribution is 2.30. The molecule has 1 amide bonds. The van der Waals surface area contributed by atoms with Crippen LogP contribution in [0.25, 0.3) is 0 Å². The van der Waals surface area contributed by atoms with Gasteiger partial charge >= 0.3 is 0 Å². The Morgan fingerprint density at radius 2 is 1.76 bits per heavy atom. The second-order valence-corrected chi connectivity index (χ2v) is 10.5. The second kappa shape index (κ2) is 11.2. The van der Waals surface area contributed by atoms with Crippen molar-refractivity contribution in [3.05, 3.63) is 53.8 Å². The largest absolute Gasteiger partial charge is 0.497 e. The number of amides is 1. The molecule has 37 heavy (non-hydrogen) atoms. The number of methoxy groups -OCH3 is 1. The van der Waals surface area contributed by atoms with Gasteiger partial charge in [-0.3, -0.25) is 9.69 Å². The van der Waals surface area contributed by atoms with Crippen LogP contribution in [0.2, 0.25) is 0 Å². The summed E-state index contributed by atoms with van der Waals surface area (Å²) in [7, 11) is 1.65. The Morgan fingerprint density at radius 1 is 1.00 bits per heavy atom. The topological polar surface area (TPSA) is 85.7 Å². The molecule has 0 radical (unpaired) electrons. The number of hydrogen-bond donors (Lipinski definition) is 2. The number of hydrogen-bond acceptors (Lipinski definition) is 7. The Bertz CT molecular complexity index is 1090. The molecule has 0 saturated carbocycles. The fourth-order valence-corrected chi connectivity index (χ4v) is 5.22. The van der Waals surface area contributed by atoms with Gasteiger partial charge in [0, 0.05) is 57.9 Å². The summed E-state index contributed by atoms with van der Waals surface area (Å²) in [4.78, 5) is 18.1. The first kappa shape index (κ1) is 27.2. The van der Waals surface area contributed by atoms with Crippen molar-refractivity contribution in [1.82, 2.24) is 9.80 Å². The predicted molar refractivity (Wildman–Crippen MR) is 140 cm³/mol. The van der Waals surface area contributed by atoms with Gasteiger partial charge in [-0.2, -0.15) is 0 Å². The molecule has 0 aromatic heterocycles. The molecule has 2 aliphatic rings. The van der Waals surface area contributed by atoms with Crippen LogP contribution in [0.15, 0.2) is 42.5 Å². The highest BCUT2D eigenvalue weighted by atomic mass is 19.1. The van der Waals surface area contributed by atoms with Crippen LogP contribution < -0.4 is 14.4 Å². The van der Waals surface area contributed by atoms with Crippen LogP contribution in [0.4, 0.5) is 10.1 Å². The number of anilines is 1. The molecule has 2 fully saturated rings. The average Bonchev–Trinajstić information content (AvgIpc) is 3.04. The molecule has 0 spiro atoms. The molecule has 0 bridgehead atoms. The molecule has 2 aromatic rings. The van der Waals surface area contributed by atoms with E-state index in [4.69, 9.17) is 9.47 Å². The zero-order valence-corrected chi connectivity index (χ0v) is 22.0. The van der Waals surface area contributed by atoms with Gasteiger partial charge in [-0.05, 0) is 55.7 Å². The minimum Gasteiger partial charge on any atom is -0.497 e. The number of carbonyl (C=O) groups is 1. The molecule has 2 aliphatic heterocycles. The van der Waals surface area contributed by atoms with E-state index in [9.17, 15) is 19.4 Å². The fraction of sp³-hybridized carbons (Fsp3) is 0.536. The lowest BCUT2D eigenvalue weighted by Gasteiger charge is -2.42. The van der Waals surface area contributed by atoms with Crippen molar-refractivity contribution in [1.29, 1.82) is 0 Å². The van der Waals surface area contributed by atoms with Crippen molar-refractivity contribution >= 4 is 11.6 Å². The Morgan fingerprint density at radius 3 is 2.43 bits per heavy atom. The lowest BCUT2D eigenvalue weighted by Crippen LogP contribution is -2.55. The highest BCUT2D eigenvalue weighted by Gasteiger charge is 2.41. The number of rotatable bonds is 7. The van der Waals surface area contributed by atoms with E-state index in [1.807, 2.05) is 29.2 Å². The van der Waals surface area contributed by atoms with Crippen molar-refractivity contribution in [2.75, 3.05) is 64.4 Å². The summed E-state index contributed by atoms with van der Waals surface area (Å²) in [5.74, 6) is 0.819. The standard InChI is InChI=1S/C28H38FN3O5/c1-21-15-25(7-8-26(21)29)37-20-28(35)18-30(13-14-32(19-28)22(2)33)17-27(34)9-11-31(12-10-27)23-5-4-6-24(16-23)36-3/h4-8,15-16,34-35H,9-14,17-20H2,1-3H3. The van der Waals surface area contributed by atoms with Gasteiger partial charge in [-0.25, -0.2) is 4.39 Å². The van der Waals surface area contributed by atoms with E-state index in [0.717, 1.165) is 11.4 Å². The van der Waals surface area contributed by atoms with E-state index < -0.39 is 11.2 Å². The smallest absolute Gasteiger partial charge is 0.219 e. The number of nitrogens with zero attached hydrogens (tertiary/aromatic N) is 3. The molecular formula is C28H38FN3O5. The van der Waals surface area contributed by atoms with Gasteiger partial charge in [-0.1, -0.05) is 6.07 Å². The van der Waals surface area contributed by atoms with Crippen LogP contribution in [-0.4, -0.2) is 96.7 Å². The molecule has 2 heterocycles. The summed E-state index contributed by atoms with van der Waals surface area (Å²) in [6, 6.07) is 12.4. The zero-order chi connectivity index (χ0) is 26.6. The lowest BCUT2D eigenvalue weighted by atomic mass is 9.90. The molecule has 4 rings (SSSR count). The van der Waals surface area contributed by atoms with E-state index >= 15 is 0 Å². The summed E-state index contributed by atoms with van der Waals surface area (Å²) in [5.41, 5.74) is -0.727. The molecule has 2 aromatic carbocycles. The van der Waals surface area contributed by atoms with Crippen LogP contribution in [0.1, 0.15) is 25.3 Å². The average molecular weight is 516 g/mol. The first-order chi connectivity index (χ1) is 17.6. The van der Waals surface area contributed by atoms with E-state index in [1.54, 1.807) is 25.0 Å². The van der Waals surface area contributed by atoms with Crippen LogP contribution in [0, 0.1) is 12.7 Å². The Balaban J connectivity index is 1.41. The van der Waals surface area contributed by atoms with Crippen molar-refractivity contribution in [3.63, 3.8) is 0 Å². The molecule has 1 atom stereocenters. The zero-order valence-electron chi connectivity index (χ0n) is 22.0. The first-order valence-electron chi connectivity index (χ1n) is 12.8. The third-order valence-corrected chi connectivity index (χ3v) is 7.40. The highest BCUT2D eigenvalue weighted by molar-refractivity contribution is 5.73. The molecule has 1 unspecified atom stereocenters. The second-order valence-electron chi connectivity index (χ2n) is 10.5. The summed E-state index contributed by atoms with van der Waals surface area (Å²) >= 11 is 0. The van der Waals surface area contributed by atoms with E-state index in [-0.39, 0.29) is 31.4 Å². The summed E-state index contributed by atoms with van der Waals surface area (Å²) in [6.07, 6.45) is 1.17. The number of aliphatic hydroxyl groups is 2. The van der Waals surface area contributed by atoms with E-state index in [2.05, 4.69) is 4.90 Å².